The molecule has 2 aromatic carbocycles. The van der Waals surface area contributed by atoms with Crippen LogP contribution in [0.4, 0.5) is 11.6 Å². The van der Waals surface area contributed by atoms with Crippen molar-refractivity contribution in [2.45, 2.75) is 32.7 Å². The Morgan fingerprint density at radius 3 is 2.78 bits per heavy atom. The zero-order chi connectivity index (χ0) is 25.2. The zero-order valence-electron chi connectivity index (χ0n) is 20.7. The van der Waals surface area contributed by atoms with Crippen LogP contribution in [-0.2, 0) is 24.1 Å². The first kappa shape index (κ1) is 23.7. The van der Waals surface area contributed by atoms with Crippen LogP contribution in [0, 0.1) is 0 Å². The van der Waals surface area contributed by atoms with Crippen molar-refractivity contribution in [3.05, 3.63) is 87.3 Å². The molecule has 0 saturated heterocycles. The van der Waals surface area contributed by atoms with Crippen LogP contribution in [0.15, 0.2) is 59.7 Å². The lowest BCUT2D eigenvalue weighted by Crippen LogP contribution is -2.21. The Balaban J connectivity index is 1.62. The second kappa shape index (κ2) is 9.91. The van der Waals surface area contributed by atoms with E-state index in [0.717, 1.165) is 42.7 Å². The quantitative estimate of drug-likeness (QED) is 0.393. The molecule has 2 heterocycles. The Kier molecular flexibility index (Phi) is 6.52. The summed E-state index contributed by atoms with van der Waals surface area (Å²) in [6.07, 6.45) is 6.22. The highest BCUT2D eigenvalue weighted by Gasteiger charge is 2.20. The minimum absolute atomic E-state index is 0.0365. The summed E-state index contributed by atoms with van der Waals surface area (Å²) in [6, 6.07) is 14.3. The molecule has 1 aliphatic rings. The normalized spacial score (nSPS) is 12.7. The van der Waals surface area contributed by atoms with Crippen molar-refractivity contribution < 1.29 is 9.53 Å². The van der Waals surface area contributed by atoms with Crippen LogP contribution >= 0.6 is 0 Å². The fourth-order valence-corrected chi connectivity index (χ4v) is 4.67. The van der Waals surface area contributed by atoms with Gasteiger partial charge in [-0.1, -0.05) is 18.2 Å². The maximum absolute atomic E-state index is 13.2. The molecule has 8 heteroatoms. The van der Waals surface area contributed by atoms with Crippen LogP contribution in [-0.4, -0.2) is 46.1 Å². The van der Waals surface area contributed by atoms with Gasteiger partial charge in [0.25, 0.3) is 0 Å². The van der Waals surface area contributed by atoms with Crippen LogP contribution in [0.3, 0.4) is 0 Å². The zero-order valence-corrected chi connectivity index (χ0v) is 20.7. The smallest absolute Gasteiger partial charge is 0.343 e. The summed E-state index contributed by atoms with van der Waals surface area (Å²) in [5.74, 6) is -0.290. The van der Waals surface area contributed by atoms with E-state index in [1.165, 1.54) is 23.5 Å². The molecule has 0 saturated carbocycles. The van der Waals surface area contributed by atoms with Crippen molar-refractivity contribution >= 4 is 28.6 Å². The molecule has 0 bridgehead atoms. The number of pyridine rings is 1. The number of benzene rings is 2. The van der Waals surface area contributed by atoms with Crippen LogP contribution < -0.4 is 10.7 Å². The molecule has 0 fully saturated rings. The molecule has 184 valence electrons. The molecular weight excluding hydrogens is 454 g/mol. The van der Waals surface area contributed by atoms with Gasteiger partial charge in [0.05, 0.1) is 12.0 Å². The molecule has 0 spiro atoms. The van der Waals surface area contributed by atoms with Gasteiger partial charge in [-0.25, -0.2) is 9.78 Å². The molecule has 0 aliphatic heterocycles. The topological polar surface area (TPSA) is 89.3 Å². The highest BCUT2D eigenvalue weighted by Crippen LogP contribution is 2.26. The number of nitrogens with zero attached hydrogens (tertiary/aromatic N) is 4. The molecule has 8 nitrogen and oxygen atoms in total. The van der Waals surface area contributed by atoms with E-state index in [0.29, 0.717) is 11.6 Å². The van der Waals surface area contributed by atoms with E-state index in [9.17, 15) is 9.59 Å². The summed E-state index contributed by atoms with van der Waals surface area (Å²) in [4.78, 5) is 37.0. The molecule has 2 aromatic heterocycles. The number of aryl methyl sites for hydroxylation is 2. The molecule has 1 aliphatic carbocycles. The third-order valence-electron chi connectivity index (χ3n) is 6.28. The summed E-state index contributed by atoms with van der Waals surface area (Å²) >= 11 is 0. The average molecular weight is 484 g/mol. The van der Waals surface area contributed by atoms with E-state index < -0.39 is 11.4 Å². The molecule has 0 unspecified atom stereocenters. The molecule has 5 rings (SSSR count). The number of carbonyl (C=O) groups excluding carboxylic acids is 1. The first-order valence-corrected chi connectivity index (χ1v) is 12.2. The number of aromatic nitrogens is 3. The fraction of sp³-hybridized carbons (Fsp3) is 0.286. The fourth-order valence-electron chi connectivity index (χ4n) is 4.67. The Morgan fingerprint density at radius 1 is 1.14 bits per heavy atom. The molecule has 4 aromatic rings. The second-order valence-electron chi connectivity index (χ2n) is 9.26. The van der Waals surface area contributed by atoms with E-state index in [-0.39, 0.29) is 17.6 Å². The van der Waals surface area contributed by atoms with E-state index in [4.69, 9.17) is 9.72 Å². The van der Waals surface area contributed by atoms with Crippen molar-refractivity contribution in [1.82, 2.24) is 19.4 Å². The third-order valence-corrected chi connectivity index (χ3v) is 6.28. The molecule has 0 radical (unpaired) electrons. The van der Waals surface area contributed by atoms with Crippen LogP contribution in [0.1, 0.15) is 40.4 Å². The minimum Gasteiger partial charge on any atom is -0.462 e. The molecular formula is C28H29N5O3. The number of anilines is 2. The van der Waals surface area contributed by atoms with E-state index in [2.05, 4.69) is 33.4 Å². The van der Waals surface area contributed by atoms with Gasteiger partial charge in [-0.3, -0.25) is 4.79 Å². The minimum atomic E-state index is -0.654. The SMILES string of the molecule is CCOC(=O)c1cn(-c2ccc3c(c2)CCC3)c2nc(Nc3cccc(CN(C)C)c3)ncc2c1=O. The lowest BCUT2D eigenvalue weighted by molar-refractivity contribution is 0.0524. The second-order valence-corrected chi connectivity index (χ2v) is 9.26. The Labute approximate surface area is 209 Å². The van der Waals surface area contributed by atoms with Crippen molar-refractivity contribution in [2.75, 3.05) is 26.0 Å². The number of hydrogen-bond donors (Lipinski definition) is 1. The predicted octanol–water partition coefficient (Wildman–Crippen LogP) is 4.25. The Bertz CT molecular complexity index is 1510. The summed E-state index contributed by atoms with van der Waals surface area (Å²) in [6.45, 7) is 2.70. The van der Waals surface area contributed by atoms with Gasteiger partial charge in [0.15, 0.2) is 5.65 Å². The van der Waals surface area contributed by atoms with Crippen LogP contribution in [0.5, 0.6) is 0 Å². The van der Waals surface area contributed by atoms with Crippen molar-refractivity contribution in [2.24, 2.45) is 0 Å². The van der Waals surface area contributed by atoms with Crippen LogP contribution in [0.2, 0.25) is 0 Å². The van der Waals surface area contributed by atoms with E-state index in [1.807, 2.05) is 38.4 Å². The summed E-state index contributed by atoms with van der Waals surface area (Å²) in [7, 11) is 4.05. The molecule has 0 amide bonds. The first-order valence-electron chi connectivity index (χ1n) is 12.2. The van der Waals surface area contributed by atoms with Gasteiger partial charge in [0.1, 0.15) is 5.56 Å². The van der Waals surface area contributed by atoms with Gasteiger partial charge in [-0.2, -0.15) is 4.98 Å². The van der Waals surface area contributed by atoms with Gasteiger partial charge in [-0.15, -0.1) is 0 Å². The maximum atomic E-state index is 13.2. The average Bonchev–Trinajstić information content (AvgIpc) is 3.32. The van der Waals surface area contributed by atoms with Crippen molar-refractivity contribution in [3.63, 3.8) is 0 Å². The van der Waals surface area contributed by atoms with Gasteiger partial charge >= 0.3 is 5.97 Å². The highest BCUT2D eigenvalue weighted by molar-refractivity contribution is 5.93. The molecule has 1 N–H and O–H groups in total. The standard InChI is InChI=1S/C28H29N5O3/c1-4-36-27(35)24-17-33(22-12-11-19-8-6-9-20(19)14-22)26-23(25(24)34)15-29-28(31-26)30-21-10-5-7-18(13-21)16-32(2)3/h5,7,10-15,17H,4,6,8-9,16H2,1-3H3,(H,29,30,31). The van der Waals surface area contributed by atoms with Crippen LogP contribution in [0.25, 0.3) is 16.7 Å². The first-order chi connectivity index (χ1) is 17.4. The Hall–Kier alpha value is -4.04. The molecule has 0 atom stereocenters. The Morgan fingerprint density at radius 2 is 1.97 bits per heavy atom. The maximum Gasteiger partial charge on any atom is 0.343 e. The number of hydrogen-bond acceptors (Lipinski definition) is 7. The third kappa shape index (κ3) is 4.72. The number of ether oxygens (including phenoxy) is 1. The van der Waals surface area contributed by atoms with Gasteiger partial charge < -0.3 is 19.5 Å². The highest BCUT2D eigenvalue weighted by atomic mass is 16.5. The molecule has 36 heavy (non-hydrogen) atoms. The largest absolute Gasteiger partial charge is 0.462 e. The van der Waals surface area contributed by atoms with Crippen molar-refractivity contribution in [3.8, 4) is 5.69 Å². The summed E-state index contributed by atoms with van der Waals surface area (Å²) in [5.41, 5.74) is 5.40. The number of nitrogens with one attached hydrogen (secondary N) is 1. The summed E-state index contributed by atoms with van der Waals surface area (Å²) in [5, 5.41) is 3.52. The van der Waals surface area contributed by atoms with Gasteiger partial charge in [-0.05, 0) is 81.2 Å². The van der Waals surface area contributed by atoms with Crippen molar-refractivity contribution in [1.29, 1.82) is 0 Å². The lowest BCUT2D eigenvalue weighted by Gasteiger charge is -2.15. The van der Waals surface area contributed by atoms with Gasteiger partial charge in [0.2, 0.25) is 11.4 Å². The monoisotopic (exact) mass is 483 g/mol. The lowest BCUT2D eigenvalue weighted by atomic mass is 10.1. The number of carbonyl (C=O) groups is 1. The van der Waals surface area contributed by atoms with Gasteiger partial charge in [0, 0.05) is 30.3 Å². The predicted molar refractivity (Wildman–Crippen MR) is 140 cm³/mol. The number of esters is 1. The van der Waals surface area contributed by atoms with E-state index >= 15 is 0 Å². The summed E-state index contributed by atoms with van der Waals surface area (Å²) < 4.78 is 6.94. The number of rotatable bonds is 7. The number of fused-ring (bicyclic) bond motifs is 2. The van der Waals surface area contributed by atoms with E-state index in [1.54, 1.807) is 11.5 Å².